The Morgan fingerprint density at radius 1 is 0.943 bits per heavy atom. The van der Waals surface area contributed by atoms with E-state index in [-0.39, 0.29) is 17.5 Å². The fourth-order valence-corrected chi connectivity index (χ4v) is 4.38. The number of halogens is 1. The predicted molar refractivity (Wildman–Crippen MR) is 129 cm³/mol. The van der Waals surface area contributed by atoms with Crippen LogP contribution in [0, 0.1) is 5.82 Å². The van der Waals surface area contributed by atoms with Crippen LogP contribution in [0.4, 0.5) is 10.1 Å². The van der Waals surface area contributed by atoms with E-state index < -0.39 is 36.1 Å². The number of anilines is 1. The monoisotopic (exact) mass is 477 g/mol. The molecule has 7 nitrogen and oxygen atoms in total. The summed E-state index contributed by atoms with van der Waals surface area (Å²) in [5.41, 5.74) is 0.493. The summed E-state index contributed by atoms with van der Waals surface area (Å²) >= 11 is 0. The molecule has 2 N–H and O–H groups in total. The minimum absolute atomic E-state index is 0.00121. The Kier molecular flexibility index (Phi) is 7.92. The SMILES string of the molecule is O=C(NCC(=O)N(c1ccccc1F)[C@H](C(=O)NC1CCCCC1)c1ccccc1)c1ccco1. The highest BCUT2D eigenvalue weighted by Crippen LogP contribution is 2.30. The number of nitrogens with one attached hydrogen (secondary N) is 2. The molecule has 35 heavy (non-hydrogen) atoms. The van der Waals surface area contributed by atoms with Gasteiger partial charge in [0.25, 0.3) is 5.91 Å². The molecule has 0 spiro atoms. The van der Waals surface area contributed by atoms with Crippen LogP contribution in [0.5, 0.6) is 0 Å². The molecule has 0 aliphatic heterocycles. The highest BCUT2D eigenvalue weighted by Gasteiger charge is 2.35. The lowest BCUT2D eigenvalue weighted by Gasteiger charge is -2.33. The number of carbonyl (C=O) groups is 3. The highest BCUT2D eigenvalue weighted by atomic mass is 19.1. The van der Waals surface area contributed by atoms with Gasteiger partial charge in [0.05, 0.1) is 18.5 Å². The van der Waals surface area contributed by atoms with Crippen molar-refractivity contribution in [1.29, 1.82) is 0 Å². The normalized spacial score (nSPS) is 14.7. The molecule has 3 amide bonds. The first-order valence-corrected chi connectivity index (χ1v) is 11.8. The van der Waals surface area contributed by atoms with Crippen molar-refractivity contribution >= 4 is 23.4 Å². The number of nitrogens with zero attached hydrogens (tertiary/aromatic N) is 1. The third-order valence-corrected chi connectivity index (χ3v) is 6.10. The van der Waals surface area contributed by atoms with E-state index in [2.05, 4.69) is 10.6 Å². The van der Waals surface area contributed by atoms with Gasteiger partial charge in [-0.2, -0.15) is 0 Å². The fourth-order valence-electron chi connectivity index (χ4n) is 4.38. The summed E-state index contributed by atoms with van der Waals surface area (Å²) in [5.74, 6) is -2.21. The molecular weight excluding hydrogens is 449 g/mol. The fraction of sp³-hybridized carbons (Fsp3) is 0.296. The molecule has 3 aromatic rings. The number of hydrogen-bond acceptors (Lipinski definition) is 4. The van der Waals surface area contributed by atoms with Crippen molar-refractivity contribution < 1.29 is 23.2 Å². The van der Waals surface area contributed by atoms with Gasteiger partial charge >= 0.3 is 0 Å². The molecule has 1 saturated carbocycles. The Morgan fingerprint density at radius 2 is 1.66 bits per heavy atom. The summed E-state index contributed by atoms with van der Waals surface area (Å²) in [6.45, 7) is -0.450. The van der Waals surface area contributed by atoms with Gasteiger partial charge in [-0.25, -0.2) is 4.39 Å². The maximum absolute atomic E-state index is 15.0. The van der Waals surface area contributed by atoms with Gasteiger partial charge in [-0.15, -0.1) is 0 Å². The van der Waals surface area contributed by atoms with Gasteiger partial charge in [0, 0.05) is 6.04 Å². The Labute approximate surface area is 203 Å². The van der Waals surface area contributed by atoms with E-state index in [1.165, 1.54) is 30.5 Å². The van der Waals surface area contributed by atoms with Crippen LogP contribution in [-0.2, 0) is 9.59 Å². The van der Waals surface area contributed by atoms with Crippen LogP contribution < -0.4 is 15.5 Å². The van der Waals surface area contributed by atoms with Crippen LogP contribution in [0.3, 0.4) is 0 Å². The lowest BCUT2D eigenvalue weighted by atomic mass is 9.94. The third-order valence-electron chi connectivity index (χ3n) is 6.10. The number of rotatable bonds is 8. The number of carbonyl (C=O) groups excluding carboxylic acids is 3. The van der Waals surface area contributed by atoms with E-state index in [4.69, 9.17) is 4.42 Å². The summed E-state index contributed by atoms with van der Waals surface area (Å²) < 4.78 is 20.1. The number of para-hydroxylation sites is 1. The molecular formula is C27H28FN3O4. The second kappa shape index (κ2) is 11.5. The number of amides is 3. The Balaban J connectivity index is 1.67. The number of furan rings is 1. The quantitative estimate of drug-likeness (QED) is 0.504. The standard InChI is InChI=1S/C27H28FN3O4/c28-21-14-7-8-15-22(21)31(24(32)18-29-26(33)23-16-9-17-35-23)25(19-10-3-1-4-11-19)27(34)30-20-12-5-2-6-13-20/h1,3-4,7-11,14-17,20,25H,2,5-6,12-13,18H2,(H,29,33)(H,30,34)/t25-/m0/s1. The van der Waals surface area contributed by atoms with Crippen LogP contribution in [0.15, 0.2) is 77.4 Å². The third kappa shape index (κ3) is 5.95. The second-order valence-corrected chi connectivity index (χ2v) is 8.53. The summed E-state index contributed by atoms with van der Waals surface area (Å²) in [5, 5.41) is 5.57. The van der Waals surface area contributed by atoms with Gasteiger partial charge < -0.3 is 15.1 Å². The smallest absolute Gasteiger partial charge is 0.287 e. The van der Waals surface area contributed by atoms with Crippen LogP contribution in [0.1, 0.15) is 54.3 Å². The molecule has 8 heteroatoms. The summed E-state index contributed by atoms with van der Waals surface area (Å²) in [6, 6.07) is 16.5. The molecule has 0 saturated heterocycles. The van der Waals surface area contributed by atoms with E-state index in [1.54, 1.807) is 42.5 Å². The average Bonchev–Trinajstić information content (AvgIpc) is 3.42. The molecule has 0 bridgehead atoms. The first-order chi connectivity index (χ1) is 17.0. The van der Waals surface area contributed by atoms with Gasteiger partial charge in [0.2, 0.25) is 11.8 Å². The van der Waals surface area contributed by atoms with E-state index in [1.807, 2.05) is 0 Å². The molecule has 1 atom stereocenters. The van der Waals surface area contributed by atoms with Crippen LogP contribution in [0.25, 0.3) is 0 Å². The van der Waals surface area contributed by atoms with E-state index >= 15 is 0 Å². The van der Waals surface area contributed by atoms with Crippen molar-refractivity contribution in [3.05, 3.63) is 90.1 Å². The second-order valence-electron chi connectivity index (χ2n) is 8.53. The Hall–Kier alpha value is -3.94. The maximum Gasteiger partial charge on any atom is 0.287 e. The Bertz CT molecular complexity index is 1140. The van der Waals surface area contributed by atoms with Gasteiger partial charge in [0.15, 0.2) is 5.76 Å². The van der Waals surface area contributed by atoms with Crippen molar-refractivity contribution in [2.24, 2.45) is 0 Å². The van der Waals surface area contributed by atoms with Gasteiger partial charge in [-0.05, 0) is 42.7 Å². The predicted octanol–water partition coefficient (Wildman–Crippen LogP) is 4.37. The molecule has 4 rings (SSSR count). The van der Waals surface area contributed by atoms with Crippen molar-refractivity contribution in [3.63, 3.8) is 0 Å². The van der Waals surface area contributed by atoms with Crippen LogP contribution in [0.2, 0.25) is 0 Å². The molecule has 1 aliphatic rings. The highest BCUT2D eigenvalue weighted by molar-refractivity contribution is 6.04. The number of benzene rings is 2. The first-order valence-electron chi connectivity index (χ1n) is 11.8. The summed E-state index contributed by atoms with van der Waals surface area (Å²) in [7, 11) is 0. The van der Waals surface area contributed by atoms with Gasteiger partial charge in [-0.1, -0.05) is 61.7 Å². The van der Waals surface area contributed by atoms with Crippen molar-refractivity contribution in [3.8, 4) is 0 Å². The molecule has 1 fully saturated rings. The first kappa shape index (κ1) is 24.2. The lowest BCUT2D eigenvalue weighted by Crippen LogP contribution is -2.50. The molecule has 0 unspecified atom stereocenters. The van der Waals surface area contributed by atoms with Gasteiger partial charge in [0.1, 0.15) is 11.9 Å². The molecule has 1 aromatic heterocycles. The molecule has 1 heterocycles. The van der Waals surface area contributed by atoms with Crippen LogP contribution in [-0.4, -0.2) is 30.3 Å². The lowest BCUT2D eigenvalue weighted by molar-refractivity contribution is -0.127. The van der Waals surface area contributed by atoms with E-state index in [9.17, 15) is 18.8 Å². The summed E-state index contributed by atoms with van der Waals surface area (Å²) in [4.78, 5) is 40.6. The zero-order valence-corrected chi connectivity index (χ0v) is 19.3. The minimum atomic E-state index is -1.12. The zero-order valence-electron chi connectivity index (χ0n) is 19.3. The topological polar surface area (TPSA) is 91.7 Å². The largest absolute Gasteiger partial charge is 0.459 e. The minimum Gasteiger partial charge on any atom is -0.459 e. The zero-order chi connectivity index (χ0) is 24.6. The maximum atomic E-state index is 15.0. The average molecular weight is 478 g/mol. The van der Waals surface area contributed by atoms with Crippen molar-refractivity contribution in [2.75, 3.05) is 11.4 Å². The molecule has 1 aliphatic carbocycles. The number of hydrogen-bond donors (Lipinski definition) is 2. The Morgan fingerprint density at radius 3 is 2.34 bits per heavy atom. The van der Waals surface area contributed by atoms with E-state index in [0.717, 1.165) is 37.0 Å². The molecule has 182 valence electrons. The molecule has 0 radical (unpaired) electrons. The van der Waals surface area contributed by atoms with Gasteiger partial charge in [-0.3, -0.25) is 19.3 Å². The van der Waals surface area contributed by atoms with Crippen molar-refractivity contribution in [2.45, 2.75) is 44.2 Å². The van der Waals surface area contributed by atoms with Crippen LogP contribution >= 0.6 is 0 Å². The van der Waals surface area contributed by atoms with Crippen molar-refractivity contribution in [1.82, 2.24) is 10.6 Å². The molecule has 2 aromatic carbocycles. The summed E-state index contributed by atoms with van der Waals surface area (Å²) in [6.07, 6.45) is 6.25. The van der Waals surface area contributed by atoms with E-state index in [0.29, 0.717) is 5.56 Å².